The fourth-order valence-electron chi connectivity index (χ4n) is 2.67. The van der Waals surface area contributed by atoms with E-state index in [-0.39, 0.29) is 6.54 Å². The van der Waals surface area contributed by atoms with E-state index in [9.17, 15) is 9.59 Å². The molecule has 3 aromatic rings. The van der Waals surface area contributed by atoms with Crippen molar-refractivity contribution in [3.63, 3.8) is 0 Å². The number of carbonyl (C=O) groups excluding carboxylic acids is 2. The van der Waals surface area contributed by atoms with Gasteiger partial charge in [0.05, 0.1) is 13.3 Å². The number of carbonyl (C=O) groups is 2. The number of hydrogen-bond donors (Lipinski definition) is 2. The Morgan fingerprint density at radius 3 is 2.32 bits per heavy atom. The summed E-state index contributed by atoms with van der Waals surface area (Å²) in [7, 11) is 1.58. The fraction of sp³-hybridized carbons (Fsp3) is 0.125. The number of amides is 2. The lowest BCUT2D eigenvalue weighted by atomic mass is 10.2. The van der Waals surface area contributed by atoms with E-state index < -0.39 is 11.8 Å². The topological polar surface area (TPSA) is 89.0 Å². The quantitative estimate of drug-likeness (QED) is 0.335. The van der Waals surface area contributed by atoms with Crippen molar-refractivity contribution < 1.29 is 19.1 Å². The molecule has 0 heterocycles. The van der Waals surface area contributed by atoms with E-state index in [1.165, 1.54) is 6.21 Å². The summed E-state index contributed by atoms with van der Waals surface area (Å²) in [5.74, 6) is -0.294. The van der Waals surface area contributed by atoms with Crippen LogP contribution in [0.3, 0.4) is 0 Å². The average Bonchev–Trinajstić information content (AvgIpc) is 2.82. The SMILES string of the molecule is COc1ccc(CNC(=O)C(=O)N/N=C/c2ccccc2OCc2ccccc2)cc1. The molecular weight excluding hydrogens is 394 g/mol. The molecule has 0 aliphatic carbocycles. The molecule has 0 radical (unpaired) electrons. The standard InChI is InChI=1S/C24H23N3O4/c1-30-21-13-11-18(12-14-21)15-25-23(28)24(29)27-26-16-20-9-5-6-10-22(20)31-17-19-7-3-2-4-8-19/h2-14,16H,15,17H2,1H3,(H,25,28)(H,27,29)/b26-16+. The summed E-state index contributed by atoms with van der Waals surface area (Å²) in [4.78, 5) is 23.9. The van der Waals surface area contributed by atoms with Crippen LogP contribution in [0.1, 0.15) is 16.7 Å². The third-order valence-electron chi connectivity index (χ3n) is 4.34. The van der Waals surface area contributed by atoms with Gasteiger partial charge in [-0.25, -0.2) is 5.43 Å². The zero-order valence-electron chi connectivity index (χ0n) is 17.1. The maximum atomic E-state index is 12.0. The van der Waals surface area contributed by atoms with Crippen molar-refractivity contribution in [3.05, 3.63) is 95.6 Å². The number of benzene rings is 3. The number of hydrogen-bond acceptors (Lipinski definition) is 5. The van der Waals surface area contributed by atoms with E-state index in [2.05, 4.69) is 15.8 Å². The summed E-state index contributed by atoms with van der Waals surface area (Å²) in [5, 5.41) is 6.42. The van der Waals surface area contributed by atoms with Crippen LogP contribution in [-0.4, -0.2) is 25.1 Å². The van der Waals surface area contributed by atoms with Crippen LogP contribution in [0.25, 0.3) is 0 Å². The number of ether oxygens (including phenoxy) is 2. The Morgan fingerprint density at radius 2 is 1.58 bits per heavy atom. The Bertz CT molecular complexity index is 1030. The van der Waals surface area contributed by atoms with Crippen LogP contribution in [0.5, 0.6) is 11.5 Å². The van der Waals surface area contributed by atoms with Crippen LogP contribution in [-0.2, 0) is 22.7 Å². The molecule has 0 aliphatic heterocycles. The van der Waals surface area contributed by atoms with Crippen LogP contribution in [0.2, 0.25) is 0 Å². The van der Waals surface area contributed by atoms with Gasteiger partial charge in [-0.1, -0.05) is 54.6 Å². The van der Waals surface area contributed by atoms with Crippen molar-refractivity contribution in [1.82, 2.24) is 10.7 Å². The number of nitrogens with one attached hydrogen (secondary N) is 2. The van der Waals surface area contributed by atoms with E-state index in [1.807, 2.05) is 60.7 Å². The number of rotatable bonds is 8. The third kappa shape index (κ3) is 6.71. The second kappa shape index (κ2) is 11.2. The van der Waals surface area contributed by atoms with Gasteiger partial charge in [0.15, 0.2) is 0 Å². The molecule has 158 valence electrons. The van der Waals surface area contributed by atoms with Crippen molar-refractivity contribution in [2.24, 2.45) is 5.10 Å². The Hall–Kier alpha value is -4.13. The van der Waals surface area contributed by atoms with Crippen LogP contribution in [0, 0.1) is 0 Å². The van der Waals surface area contributed by atoms with Gasteiger partial charge >= 0.3 is 11.8 Å². The van der Waals surface area contributed by atoms with Crippen LogP contribution < -0.4 is 20.2 Å². The molecule has 7 heteroatoms. The molecule has 0 saturated carbocycles. The highest BCUT2D eigenvalue weighted by molar-refractivity contribution is 6.35. The molecule has 0 saturated heterocycles. The third-order valence-corrected chi connectivity index (χ3v) is 4.34. The first-order valence-corrected chi connectivity index (χ1v) is 9.65. The van der Waals surface area contributed by atoms with Crippen molar-refractivity contribution >= 4 is 18.0 Å². The highest BCUT2D eigenvalue weighted by Gasteiger charge is 2.12. The van der Waals surface area contributed by atoms with Gasteiger partial charge in [0, 0.05) is 12.1 Å². The first-order chi connectivity index (χ1) is 15.2. The summed E-state index contributed by atoms with van der Waals surface area (Å²) >= 11 is 0. The predicted molar refractivity (Wildman–Crippen MR) is 118 cm³/mol. The molecule has 0 bridgehead atoms. The fourth-order valence-corrected chi connectivity index (χ4v) is 2.67. The minimum Gasteiger partial charge on any atom is -0.497 e. The van der Waals surface area contributed by atoms with Gasteiger partial charge in [0.2, 0.25) is 0 Å². The second-order valence-electron chi connectivity index (χ2n) is 6.54. The average molecular weight is 417 g/mol. The Kier molecular flexibility index (Phi) is 7.77. The normalized spacial score (nSPS) is 10.5. The van der Waals surface area contributed by atoms with Gasteiger partial charge < -0.3 is 14.8 Å². The van der Waals surface area contributed by atoms with Gasteiger partial charge in [0.1, 0.15) is 18.1 Å². The van der Waals surface area contributed by atoms with E-state index in [0.29, 0.717) is 17.9 Å². The molecule has 2 N–H and O–H groups in total. The first-order valence-electron chi connectivity index (χ1n) is 9.65. The first kappa shape index (κ1) is 21.6. The molecule has 7 nitrogen and oxygen atoms in total. The van der Waals surface area contributed by atoms with Crippen LogP contribution >= 0.6 is 0 Å². The maximum absolute atomic E-state index is 12.0. The highest BCUT2D eigenvalue weighted by Crippen LogP contribution is 2.17. The molecule has 31 heavy (non-hydrogen) atoms. The summed E-state index contributed by atoms with van der Waals surface area (Å²) in [6.45, 7) is 0.627. The predicted octanol–water partition coefficient (Wildman–Crippen LogP) is 3.04. The molecule has 0 aromatic heterocycles. The number of methoxy groups -OCH3 is 1. The Balaban J connectivity index is 1.50. The molecule has 3 aromatic carbocycles. The lowest BCUT2D eigenvalue weighted by molar-refractivity contribution is -0.139. The minimum absolute atomic E-state index is 0.218. The van der Waals surface area contributed by atoms with Crippen LogP contribution in [0.4, 0.5) is 0 Å². The Morgan fingerprint density at radius 1 is 0.871 bits per heavy atom. The van der Waals surface area contributed by atoms with Crippen molar-refractivity contribution in [2.75, 3.05) is 7.11 Å². The van der Waals surface area contributed by atoms with Crippen LogP contribution in [0.15, 0.2) is 84.0 Å². The lowest BCUT2D eigenvalue weighted by Gasteiger charge is -2.09. The molecule has 0 atom stereocenters. The van der Waals surface area contributed by atoms with E-state index in [1.54, 1.807) is 25.3 Å². The molecule has 0 spiro atoms. The summed E-state index contributed by atoms with van der Waals surface area (Å²) in [6, 6.07) is 24.3. The molecule has 0 aliphatic rings. The molecule has 0 unspecified atom stereocenters. The van der Waals surface area contributed by atoms with Gasteiger partial charge in [-0.3, -0.25) is 9.59 Å². The molecule has 3 rings (SSSR count). The lowest BCUT2D eigenvalue weighted by Crippen LogP contribution is -2.37. The highest BCUT2D eigenvalue weighted by atomic mass is 16.5. The smallest absolute Gasteiger partial charge is 0.329 e. The van der Waals surface area contributed by atoms with E-state index in [0.717, 1.165) is 16.9 Å². The summed E-state index contributed by atoms with van der Waals surface area (Å²) in [5.41, 5.74) is 4.79. The number of para-hydroxylation sites is 1. The zero-order chi connectivity index (χ0) is 21.9. The van der Waals surface area contributed by atoms with Gasteiger partial charge in [0.25, 0.3) is 0 Å². The summed E-state index contributed by atoms with van der Waals surface area (Å²) < 4.78 is 10.9. The monoisotopic (exact) mass is 417 g/mol. The van der Waals surface area contributed by atoms with Crippen molar-refractivity contribution in [2.45, 2.75) is 13.2 Å². The minimum atomic E-state index is -0.854. The van der Waals surface area contributed by atoms with Gasteiger partial charge in [-0.05, 0) is 35.4 Å². The molecular formula is C24H23N3O4. The van der Waals surface area contributed by atoms with Crippen molar-refractivity contribution in [3.8, 4) is 11.5 Å². The van der Waals surface area contributed by atoms with Gasteiger partial charge in [-0.15, -0.1) is 0 Å². The zero-order valence-corrected chi connectivity index (χ0v) is 17.1. The Labute approximate surface area is 180 Å². The second-order valence-corrected chi connectivity index (χ2v) is 6.54. The molecule has 0 fully saturated rings. The molecule has 2 amide bonds. The largest absolute Gasteiger partial charge is 0.497 e. The number of nitrogens with zero attached hydrogens (tertiary/aromatic N) is 1. The summed E-state index contributed by atoms with van der Waals surface area (Å²) in [6.07, 6.45) is 1.44. The maximum Gasteiger partial charge on any atom is 0.329 e. The van der Waals surface area contributed by atoms with Gasteiger partial charge in [-0.2, -0.15) is 5.10 Å². The van der Waals surface area contributed by atoms with Crippen molar-refractivity contribution in [1.29, 1.82) is 0 Å². The van der Waals surface area contributed by atoms with E-state index in [4.69, 9.17) is 9.47 Å². The van der Waals surface area contributed by atoms with E-state index >= 15 is 0 Å². The number of hydrazone groups is 1.